The molecule has 0 radical (unpaired) electrons. The van der Waals surface area contributed by atoms with Gasteiger partial charge >= 0.3 is 0 Å². The normalized spacial score (nSPS) is 10.9. The lowest BCUT2D eigenvalue weighted by Gasteiger charge is -2.09. The van der Waals surface area contributed by atoms with Gasteiger partial charge in [0.05, 0.1) is 7.11 Å². The molecule has 0 saturated carbocycles. The number of carbonyl (C=O) groups excluding carboxylic acids is 1. The molecule has 0 atom stereocenters. The molecule has 19 heavy (non-hydrogen) atoms. The van der Waals surface area contributed by atoms with Gasteiger partial charge in [-0.05, 0) is 26.2 Å². The van der Waals surface area contributed by atoms with Crippen molar-refractivity contribution < 1.29 is 13.9 Å². The molecule has 0 fully saturated rings. The first kappa shape index (κ1) is 13.4. The van der Waals surface area contributed by atoms with Crippen LogP contribution in [-0.2, 0) is 0 Å². The third kappa shape index (κ3) is 3.06. The van der Waals surface area contributed by atoms with Gasteiger partial charge in [-0.25, -0.2) is 0 Å². The number of benzene rings is 1. The van der Waals surface area contributed by atoms with Crippen molar-refractivity contribution in [2.45, 2.75) is 0 Å². The molecule has 0 aliphatic rings. The van der Waals surface area contributed by atoms with E-state index in [-0.39, 0.29) is 5.91 Å². The van der Waals surface area contributed by atoms with Gasteiger partial charge < -0.3 is 19.4 Å². The molecule has 1 N–H and O–H groups in total. The highest BCUT2D eigenvalue weighted by Crippen LogP contribution is 2.28. The topological polar surface area (TPSA) is 54.7 Å². The van der Waals surface area contributed by atoms with Crippen LogP contribution >= 0.6 is 0 Å². The number of fused-ring (bicyclic) bond motifs is 1. The number of amides is 1. The first-order valence-electron chi connectivity index (χ1n) is 6.11. The first-order valence-corrected chi connectivity index (χ1v) is 6.11. The minimum Gasteiger partial charge on any atom is -0.493 e. The average Bonchev–Trinajstić information content (AvgIpc) is 2.81. The molecule has 1 heterocycles. The lowest BCUT2D eigenvalue weighted by molar-refractivity contribution is 0.0925. The number of carbonyl (C=O) groups is 1. The Kier molecular flexibility index (Phi) is 4.06. The summed E-state index contributed by atoms with van der Waals surface area (Å²) in [6, 6.07) is 7.28. The Balaban J connectivity index is 2.14. The fourth-order valence-corrected chi connectivity index (χ4v) is 1.79. The van der Waals surface area contributed by atoms with Gasteiger partial charge in [-0.2, -0.15) is 0 Å². The summed E-state index contributed by atoms with van der Waals surface area (Å²) in [6.45, 7) is 1.37. The number of hydrogen-bond donors (Lipinski definition) is 1. The van der Waals surface area contributed by atoms with Crippen molar-refractivity contribution in [1.82, 2.24) is 10.2 Å². The molecule has 1 amide bonds. The zero-order chi connectivity index (χ0) is 13.8. The molecule has 2 rings (SSSR count). The van der Waals surface area contributed by atoms with Gasteiger partial charge in [0, 0.05) is 18.5 Å². The molecule has 2 aromatic rings. The van der Waals surface area contributed by atoms with Gasteiger partial charge in [0.2, 0.25) is 0 Å². The fourth-order valence-electron chi connectivity index (χ4n) is 1.79. The van der Waals surface area contributed by atoms with Crippen LogP contribution in [0, 0.1) is 0 Å². The molecule has 0 spiro atoms. The third-order valence-corrected chi connectivity index (χ3v) is 2.80. The van der Waals surface area contributed by atoms with Crippen molar-refractivity contribution in [2.75, 3.05) is 34.3 Å². The van der Waals surface area contributed by atoms with Gasteiger partial charge in [0.25, 0.3) is 5.91 Å². The number of hydrogen-bond acceptors (Lipinski definition) is 4. The zero-order valence-corrected chi connectivity index (χ0v) is 11.4. The number of likely N-dealkylation sites (N-methyl/N-ethyl adjacent to an activating group) is 1. The number of methoxy groups -OCH3 is 1. The Morgan fingerprint density at radius 2 is 2.21 bits per heavy atom. The highest BCUT2D eigenvalue weighted by atomic mass is 16.5. The Bertz CT molecular complexity index is 575. The summed E-state index contributed by atoms with van der Waals surface area (Å²) in [7, 11) is 5.49. The van der Waals surface area contributed by atoms with E-state index in [1.165, 1.54) is 0 Å². The van der Waals surface area contributed by atoms with Gasteiger partial charge in [-0.15, -0.1) is 0 Å². The third-order valence-electron chi connectivity index (χ3n) is 2.80. The minimum atomic E-state index is -0.208. The lowest BCUT2D eigenvalue weighted by Crippen LogP contribution is -2.31. The molecule has 0 aliphatic heterocycles. The number of ether oxygens (including phenoxy) is 1. The van der Waals surface area contributed by atoms with Crippen LogP contribution in [0.15, 0.2) is 28.7 Å². The maximum Gasteiger partial charge on any atom is 0.287 e. The van der Waals surface area contributed by atoms with Crippen LogP contribution < -0.4 is 10.1 Å². The Hall–Kier alpha value is -2.01. The van der Waals surface area contributed by atoms with Crippen LogP contribution in [-0.4, -0.2) is 45.1 Å². The second kappa shape index (κ2) is 5.75. The standard InChI is InChI=1S/C14H18N2O3/c1-16(2)8-7-15-14(17)12-9-10-5-4-6-11(18-3)13(10)19-12/h4-6,9H,7-8H2,1-3H3,(H,15,17). The SMILES string of the molecule is COc1cccc2cc(C(=O)NCCN(C)C)oc12. The summed E-state index contributed by atoms with van der Waals surface area (Å²) in [6.07, 6.45) is 0. The quantitative estimate of drug-likeness (QED) is 0.891. The molecule has 0 bridgehead atoms. The molecule has 1 aromatic carbocycles. The monoisotopic (exact) mass is 262 g/mol. The highest BCUT2D eigenvalue weighted by molar-refractivity contribution is 5.97. The predicted octanol–water partition coefficient (Wildman–Crippen LogP) is 1.73. The van der Waals surface area contributed by atoms with Crippen molar-refractivity contribution in [2.24, 2.45) is 0 Å². The maximum atomic E-state index is 11.9. The molecule has 1 aromatic heterocycles. The van der Waals surface area contributed by atoms with E-state index in [0.717, 1.165) is 11.9 Å². The van der Waals surface area contributed by atoms with Crippen molar-refractivity contribution in [1.29, 1.82) is 0 Å². The fraction of sp³-hybridized carbons (Fsp3) is 0.357. The van der Waals surface area contributed by atoms with Crippen LogP contribution in [0.3, 0.4) is 0 Å². The molecule has 102 valence electrons. The molecular formula is C14H18N2O3. The van der Waals surface area contributed by atoms with Crippen LogP contribution in [0.4, 0.5) is 0 Å². The van der Waals surface area contributed by atoms with Gasteiger partial charge in [0.15, 0.2) is 17.1 Å². The number of nitrogens with zero attached hydrogens (tertiary/aromatic N) is 1. The number of rotatable bonds is 5. The highest BCUT2D eigenvalue weighted by Gasteiger charge is 2.14. The summed E-state index contributed by atoms with van der Waals surface area (Å²) in [5.41, 5.74) is 0.600. The van der Waals surface area contributed by atoms with Gasteiger partial charge in [0.1, 0.15) is 0 Å². The first-order chi connectivity index (χ1) is 9.11. The Morgan fingerprint density at radius 1 is 1.42 bits per heavy atom. The van der Waals surface area contributed by atoms with E-state index in [1.54, 1.807) is 19.2 Å². The average molecular weight is 262 g/mol. The smallest absolute Gasteiger partial charge is 0.287 e. The van der Waals surface area contributed by atoms with Crippen LogP contribution in [0.5, 0.6) is 5.75 Å². The second-order valence-electron chi connectivity index (χ2n) is 4.55. The van der Waals surface area contributed by atoms with Crippen LogP contribution in [0.2, 0.25) is 0 Å². The maximum absolute atomic E-state index is 11.9. The Morgan fingerprint density at radius 3 is 2.89 bits per heavy atom. The Labute approximate surface area is 112 Å². The van der Waals surface area contributed by atoms with E-state index >= 15 is 0 Å². The predicted molar refractivity (Wildman–Crippen MR) is 73.7 cm³/mol. The van der Waals surface area contributed by atoms with Crippen molar-refractivity contribution in [3.63, 3.8) is 0 Å². The summed E-state index contributed by atoms with van der Waals surface area (Å²) in [5, 5.41) is 3.67. The number of nitrogens with one attached hydrogen (secondary N) is 1. The van der Waals surface area contributed by atoms with E-state index in [0.29, 0.717) is 23.6 Å². The molecular weight excluding hydrogens is 244 g/mol. The van der Waals surface area contributed by atoms with Gasteiger partial charge in [-0.1, -0.05) is 12.1 Å². The lowest BCUT2D eigenvalue weighted by atomic mass is 10.2. The molecule has 0 unspecified atom stereocenters. The van der Waals surface area contributed by atoms with Crippen LogP contribution in [0.1, 0.15) is 10.6 Å². The van der Waals surface area contributed by atoms with E-state index in [2.05, 4.69) is 5.32 Å². The molecule has 5 nitrogen and oxygen atoms in total. The van der Waals surface area contributed by atoms with E-state index < -0.39 is 0 Å². The largest absolute Gasteiger partial charge is 0.493 e. The number of furan rings is 1. The summed E-state index contributed by atoms with van der Waals surface area (Å²) >= 11 is 0. The van der Waals surface area contributed by atoms with Crippen LogP contribution in [0.25, 0.3) is 11.0 Å². The summed E-state index contributed by atoms with van der Waals surface area (Å²) < 4.78 is 10.8. The number of para-hydroxylation sites is 1. The molecule has 5 heteroatoms. The second-order valence-corrected chi connectivity index (χ2v) is 4.55. The zero-order valence-electron chi connectivity index (χ0n) is 11.4. The summed E-state index contributed by atoms with van der Waals surface area (Å²) in [5.74, 6) is 0.725. The van der Waals surface area contributed by atoms with Crippen molar-refractivity contribution >= 4 is 16.9 Å². The molecule has 0 aliphatic carbocycles. The minimum absolute atomic E-state index is 0.208. The van der Waals surface area contributed by atoms with Gasteiger partial charge in [-0.3, -0.25) is 4.79 Å². The molecule has 0 saturated heterocycles. The van der Waals surface area contributed by atoms with Crippen molar-refractivity contribution in [3.05, 3.63) is 30.0 Å². The van der Waals surface area contributed by atoms with E-state index in [1.807, 2.05) is 31.1 Å². The summed E-state index contributed by atoms with van der Waals surface area (Å²) in [4.78, 5) is 13.9. The van der Waals surface area contributed by atoms with E-state index in [9.17, 15) is 4.79 Å². The van der Waals surface area contributed by atoms with Crippen molar-refractivity contribution in [3.8, 4) is 5.75 Å². The van der Waals surface area contributed by atoms with E-state index in [4.69, 9.17) is 9.15 Å².